The Balaban J connectivity index is 2.09. The van der Waals surface area contributed by atoms with Gasteiger partial charge in [-0.05, 0) is 24.8 Å². The van der Waals surface area contributed by atoms with Gasteiger partial charge >= 0.3 is 0 Å². The van der Waals surface area contributed by atoms with Crippen molar-refractivity contribution in [2.75, 3.05) is 13.1 Å². The van der Waals surface area contributed by atoms with E-state index in [-0.39, 0.29) is 23.3 Å². The molecule has 4 heteroatoms. The lowest BCUT2D eigenvalue weighted by atomic mass is 9.81. The average molecular weight is 238 g/mol. The fourth-order valence-corrected chi connectivity index (χ4v) is 2.82. The first-order valence-corrected chi connectivity index (χ1v) is 6.55. The second-order valence-electron chi connectivity index (χ2n) is 6.03. The Bertz CT molecular complexity index is 297. The minimum absolute atomic E-state index is 0.0138. The van der Waals surface area contributed by atoms with Gasteiger partial charge in [-0.25, -0.2) is 0 Å². The first kappa shape index (κ1) is 12.6. The van der Waals surface area contributed by atoms with Crippen LogP contribution in [-0.2, 0) is 9.59 Å². The summed E-state index contributed by atoms with van der Waals surface area (Å²) in [5.41, 5.74) is -0.164. The predicted octanol–water partition coefficient (Wildman–Crippen LogP) is 1.30. The van der Waals surface area contributed by atoms with Crippen LogP contribution in [0.25, 0.3) is 0 Å². The number of nitrogens with zero attached hydrogens (tertiary/aromatic N) is 1. The molecule has 1 unspecified atom stereocenters. The summed E-state index contributed by atoms with van der Waals surface area (Å²) in [5, 5.41) is 3.31. The smallest absolute Gasteiger partial charge is 0.230 e. The van der Waals surface area contributed by atoms with Crippen LogP contribution >= 0.6 is 0 Å². The molecule has 17 heavy (non-hydrogen) atoms. The second-order valence-corrected chi connectivity index (χ2v) is 6.03. The number of amides is 2. The Morgan fingerprint density at radius 2 is 1.82 bits per heavy atom. The third-order valence-electron chi connectivity index (χ3n) is 3.68. The van der Waals surface area contributed by atoms with Gasteiger partial charge in [0.2, 0.25) is 11.8 Å². The standard InChI is InChI=1S/C13H22N2O2/c1-13(2)7-11(16)15(12(17)8-13)10-5-3-4-6-14-9-10/h10,14H,3-9H2,1-2H3. The maximum absolute atomic E-state index is 12.1. The fraction of sp³-hybridized carbons (Fsp3) is 0.846. The highest BCUT2D eigenvalue weighted by Crippen LogP contribution is 2.33. The molecular formula is C13H22N2O2. The first-order valence-electron chi connectivity index (χ1n) is 6.55. The van der Waals surface area contributed by atoms with E-state index >= 15 is 0 Å². The van der Waals surface area contributed by atoms with E-state index in [1.54, 1.807) is 0 Å². The third kappa shape index (κ3) is 2.86. The lowest BCUT2D eigenvalue weighted by molar-refractivity contribution is -0.155. The number of carbonyl (C=O) groups is 2. The number of nitrogens with one attached hydrogen (secondary N) is 1. The Hall–Kier alpha value is -0.900. The van der Waals surface area contributed by atoms with Crippen molar-refractivity contribution in [3.05, 3.63) is 0 Å². The highest BCUT2D eigenvalue weighted by molar-refractivity contribution is 5.98. The van der Waals surface area contributed by atoms with Crippen molar-refractivity contribution < 1.29 is 9.59 Å². The van der Waals surface area contributed by atoms with Crippen LogP contribution in [0.3, 0.4) is 0 Å². The molecule has 0 radical (unpaired) electrons. The molecule has 2 amide bonds. The zero-order valence-corrected chi connectivity index (χ0v) is 10.8. The lowest BCUT2D eigenvalue weighted by Crippen LogP contribution is -2.53. The van der Waals surface area contributed by atoms with E-state index < -0.39 is 0 Å². The SMILES string of the molecule is CC1(C)CC(=O)N(C2CCCCNC2)C(=O)C1. The van der Waals surface area contributed by atoms with E-state index in [0.717, 1.165) is 32.4 Å². The Morgan fingerprint density at radius 1 is 1.18 bits per heavy atom. The van der Waals surface area contributed by atoms with Gasteiger partial charge in [-0.1, -0.05) is 20.3 Å². The van der Waals surface area contributed by atoms with E-state index in [0.29, 0.717) is 12.8 Å². The van der Waals surface area contributed by atoms with Gasteiger partial charge in [-0.3, -0.25) is 14.5 Å². The zero-order valence-electron chi connectivity index (χ0n) is 10.8. The molecule has 2 heterocycles. The zero-order chi connectivity index (χ0) is 12.5. The largest absolute Gasteiger partial charge is 0.315 e. The van der Waals surface area contributed by atoms with Crippen LogP contribution in [0.4, 0.5) is 0 Å². The van der Waals surface area contributed by atoms with Crippen molar-refractivity contribution in [2.45, 2.75) is 52.0 Å². The van der Waals surface area contributed by atoms with Gasteiger partial charge < -0.3 is 5.32 Å². The maximum atomic E-state index is 12.1. The summed E-state index contributed by atoms with van der Waals surface area (Å²) < 4.78 is 0. The monoisotopic (exact) mass is 238 g/mol. The molecule has 0 saturated carbocycles. The first-order chi connectivity index (χ1) is 7.99. The molecule has 2 aliphatic rings. The number of carbonyl (C=O) groups excluding carboxylic acids is 2. The van der Waals surface area contributed by atoms with Crippen molar-refractivity contribution in [1.82, 2.24) is 10.2 Å². The summed E-state index contributed by atoms with van der Waals surface area (Å²) >= 11 is 0. The quantitative estimate of drug-likeness (QED) is 0.701. The average Bonchev–Trinajstić information content (AvgIpc) is 2.43. The normalized spacial score (nSPS) is 30.2. The fourth-order valence-electron chi connectivity index (χ4n) is 2.82. The number of imide groups is 1. The van der Waals surface area contributed by atoms with Crippen molar-refractivity contribution in [3.63, 3.8) is 0 Å². The molecular weight excluding hydrogens is 216 g/mol. The molecule has 2 saturated heterocycles. The summed E-state index contributed by atoms with van der Waals surface area (Å²) in [6, 6.07) is 0.0774. The summed E-state index contributed by atoms with van der Waals surface area (Å²) in [4.78, 5) is 25.7. The molecule has 96 valence electrons. The Labute approximate surface area is 103 Å². The molecule has 0 aromatic rings. The molecule has 0 aliphatic carbocycles. The van der Waals surface area contributed by atoms with Gasteiger partial charge in [0, 0.05) is 19.4 Å². The van der Waals surface area contributed by atoms with E-state index in [2.05, 4.69) is 5.32 Å². The van der Waals surface area contributed by atoms with Crippen LogP contribution in [-0.4, -0.2) is 35.8 Å². The molecule has 4 nitrogen and oxygen atoms in total. The predicted molar refractivity (Wildman–Crippen MR) is 65.4 cm³/mol. The molecule has 2 aliphatic heterocycles. The van der Waals surface area contributed by atoms with Gasteiger partial charge in [0.25, 0.3) is 0 Å². The van der Waals surface area contributed by atoms with Gasteiger partial charge in [0.15, 0.2) is 0 Å². The Kier molecular flexibility index (Phi) is 3.52. The van der Waals surface area contributed by atoms with Crippen LogP contribution in [0.15, 0.2) is 0 Å². The molecule has 2 rings (SSSR count). The lowest BCUT2D eigenvalue weighted by Gasteiger charge is -2.38. The van der Waals surface area contributed by atoms with Crippen molar-refractivity contribution >= 4 is 11.8 Å². The van der Waals surface area contributed by atoms with E-state index in [1.807, 2.05) is 13.8 Å². The van der Waals surface area contributed by atoms with Crippen LogP contribution < -0.4 is 5.32 Å². The molecule has 0 aromatic carbocycles. The number of hydrogen-bond acceptors (Lipinski definition) is 3. The molecule has 0 bridgehead atoms. The van der Waals surface area contributed by atoms with Crippen LogP contribution in [0.2, 0.25) is 0 Å². The maximum Gasteiger partial charge on any atom is 0.230 e. The summed E-state index contributed by atoms with van der Waals surface area (Å²) in [7, 11) is 0. The summed E-state index contributed by atoms with van der Waals surface area (Å²) in [5.74, 6) is 0.0277. The van der Waals surface area contributed by atoms with Gasteiger partial charge in [-0.15, -0.1) is 0 Å². The summed E-state index contributed by atoms with van der Waals surface area (Å²) in [6.07, 6.45) is 4.17. The molecule has 0 spiro atoms. The van der Waals surface area contributed by atoms with Crippen LogP contribution in [0.5, 0.6) is 0 Å². The van der Waals surface area contributed by atoms with Crippen molar-refractivity contribution in [2.24, 2.45) is 5.41 Å². The Morgan fingerprint density at radius 3 is 2.47 bits per heavy atom. The minimum Gasteiger partial charge on any atom is -0.315 e. The number of rotatable bonds is 1. The van der Waals surface area contributed by atoms with Gasteiger partial charge in [0.05, 0.1) is 6.04 Å². The van der Waals surface area contributed by atoms with Gasteiger partial charge in [-0.2, -0.15) is 0 Å². The highest BCUT2D eigenvalue weighted by Gasteiger charge is 2.40. The van der Waals surface area contributed by atoms with Gasteiger partial charge in [0.1, 0.15) is 0 Å². The van der Waals surface area contributed by atoms with Crippen LogP contribution in [0, 0.1) is 5.41 Å². The second kappa shape index (κ2) is 4.77. The molecule has 1 atom stereocenters. The van der Waals surface area contributed by atoms with Crippen molar-refractivity contribution in [1.29, 1.82) is 0 Å². The molecule has 2 fully saturated rings. The number of piperidine rings is 1. The molecule has 1 N–H and O–H groups in total. The minimum atomic E-state index is -0.164. The topological polar surface area (TPSA) is 49.4 Å². The van der Waals surface area contributed by atoms with E-state index in [9.17, 15) is 9.59 Å². The number of hydrogen-bond donors (Lipinski definition) is 1. The van der Waals surface area contributed by atoms with Crippen molar-refractivity contribution in [3.8, 4) is 0 Å². The molecule has 0 aromatic heterocycles. The highest BCUT2D eigenvalue weighted by atomic mass is 16.2. The summed E-state index contributed by atoms with van der Waals surface area (Å²) in [6.45, 7) is 5.74. The van der Waals surface area contributed by atoms with E-state index in [1.165, 1.54) is 4.90 Å². The third-order valence-corrected chi connectivity index (χ3v) is 3.68. The van der Waals surface area contributed by atoms with Crippen LogP contribution in [0.1, 0.15) is 46.0 Å². The number of likely N-dealkylation sites (tertiary alicyclic amines) is 1. The van der Waals surface area contributed by atoms with E-state index in [4.69, 9.17) is 0 Å².